The van der Waals surface area contributed by atoms with E-state index in [0.717, 1.165) is 0 Å². The quantitative estimate of drug-likeness (QED) is 0.203. The average molecular weight is 1220 g/mol. The van der Waals surface area contributed by atoms with E-state index in [0.29, 0.717) is 0 Å². The molecule has 0 saturated carbocycles. The zero-order valence-corrected chi connectivity index (χ0v) is 46.0. The Balaban J connectivity index is -0.0000000141. The van der Waals surface area contributed by atoms with E-state index in [-0.39, 0.29) is 128 Å². The number of hydrogen-bond acceptors (Lipinski definition) is 24. The van der Waals surface area contributed by atoms with E-state index in [2.05, 4.69) is 0 Å². The molecule has 38 heavy (non-hydrogen) atoms. The van der Waals surface area contributed by atoms with Crippen LogP contribution in [0.1, 0.15) is 0 Å². The van der Waals surface area contributed by atoms with Crippen LogP contribution in [-0.2, 0) is 247 Å². The molecule has 0 aliphatic carbocycles. The number of rotatable bonds is 0. The second-order valence-electron chi connectivity index (χ2n) is 1.89. The fourth-order valence-electron chi connectivity index (χ4n) is 0. The summed E-state index contributed by atoms with van der Waals surface area (Å²) in [6.07, 6.45) is 0. The monoisotopic (exact) mass is 1210 g/mol. The van der Waals surface area contributed by atoms with E-state index in [1.54, 1.807) is 0 Å². The summed E-state index contributed by atoms with van der Waals surface area (Å²) in [5.74, 6) is 0. The van der Waals surface area contributed by atoms with Crippen molar-refractivity contribution in [3.63, 3.8) is 0 Å². The molecule has 0 aliphatic heterocycles. The Hall–Kier alpha value is 7.11. The predicted octanol–water partition coefficient (Wildman–Crippen LogP) is -16.9. The van der Waals surface area contributed by atoms with Gasteiger partial charge in [0.1, 0.15) is 0 Å². The third-order valence-electron chi connectivity index (χ3n) is 0. The second kappa shape index (κ2) is 84.7. The van der Waals surface area contributed by atoms with Gasteiger partial charge in [-0.2, -0.15) is 0 Å². The van der Waals surface area contributed by atoms with Crippen molar-refractivity contribution in [2.75, 3.05) is 0 Å². The molecule has 0 aromatic heterocycles. The van der Waals surface area contributed by atoms with Gasteiger partial charge in [0.05, 0.1) is 0 Å². The van der Waals surface area contributed by atoms with Crippen LogP contribution in [-0.4, -0.2) is 69.2 Å². The summed E-state index contributed by atoms with van der Waals surface area (Å²) in [7, 11) is 0. The molecule has 0 fully saturated rings. The summed E-state index contributed by atoms with van der Waals surface area (Å²) in [5, 5.41) is 0. The van der Waals surface area contributed by atoms with Crippen molar-refractivity contribution in [2.24, 2.45) is 0 Å². The van der Waals surface area contributed by atoms with Crippen LogP contribution in [0.3, 0.4) is 0 Å². The summed E-state index contributed by atoms with van der Waals surface area (Å²) in [6, 6.07) is 0. The summed E-state index contributed by atoms with van der Waals surface area (Å²) >= 11 is -33.1. The molecular formula is Mg3Nb4O24Ti4Zn3. The van der Waals surface area contributed by atoms with E-state index >= 15 is 0 Å². The maximum absolute atomic E-state index is 8.60. The van der Waals surface area contributed by atoms with Gasteiger partial charge in [0.2, 0.25) is 0 Å². The van der Waals surface area contributed by atoms with E-state index in [4.69, 9.17) is 83.3 Å². The minimum atomic E-state index is -4.20. The molecule has 0 bridgehead atoms. The standard InChI is InChI=1S/3Mg.4Nb.24O.4Ti.3Zn/q3*+2;;;;;;;;;;;;;;;;;12*-1;;;;;3*+2. The van der Waals surface area contributed by atoms with E-state index < -0.39 is 150 Å². The largest absolute Gasteiger partial charge is 2.00 e. The Labute approximate surface area is 352 Å². The van der Waals surface area contributed by atoms with Gasteiger partial charge in [-0.25, -0.2) is 0 Å². The Morgan fingerprint density at radius 1 is 0.316 bits per heavy atom. The van der Waals surface area contributed by atoms with Crippen molar-refractivity contribution >= 4 is 69.2 Å². The van der Waals surface area contributed by atoms with Crippen molar-refractivity contribution in [3.8, 4) is 0 Å². The van der Waals surface area contributed by atoms with Crippen LogP contribution < -0.4 is 44.0 Å². The van der Waals surface area contributed by atoms with Gasteiger partial charge in [-0.05, 0) is 0 Å². The van der Waals surface area contributed by atoms with Crippen molar-refractivity contribution in [3.05, 3.63) is 0 Å². The molecule has 0 aliphatic rings. The van der Waals surface area contributed by atoms with Crippen molar-refractivity contribution < 1.29 is 291 Å². The molecule has 0 radical (unpaired) electrons. The fraction of sp³-hybridized carbons (Fsp3) is 0. The third-order valence-corrected chi connectivity index (χ3v) is 0. The van der Waals surface area contributed by atoms with Crippen molar-refractivity contribution in [1.82, 2.24) is 0 Å². The molecule has 0 atom stereocenters. The molecular weight excluding hydrogens is 1220 g/mol. The van der Waals surface area contributed by atoms with Crippen molar-refractivity contribution in [1.29, 1.82) is 0 Å². The molecule has 0 unspecified atom stereocenters. The van der Waals surface area contributed by atoms with Gasteiger partial charge in [-0.3, -0.25) is 0 Å². The summed E-state index contributed by atoms with van der Waals surface area (Å²) in [6.45, 7) is 0. The first-order chi connectivity index (χ1) is 13.9. The van der Waals surface area contributed by atoms with Crippen LogP contribution in [0.2, 0.25) is 0 Å². The molecule has 192 valence electrons. The maximum Gasteiger partial charge on any atom is 2.00 e. The smallest absolute Gasteiger partial charge is 2.00 e. The normalized spacial score (nSPS) is 5.37. The number of hydrogen-bond donors (Lipinski definition) is 0. The van der Waals surface area contributed by atoms with E-state index in [9.17, 15) is 0 Å². The van der Waals surface area contributed by atoms with Gasteiger partial charge in [-0.15, -0.1) is 0 Å². The van der Waals surface area contributed by atoms with Crippen LogP contribution >= 0.6 is 0 Å². The molecule has 0 saturated heterocycles. The van der Waals surface area contributed by atoms with Crippen LogP contribution in [0, 0.1) is 0 Å². The first-order valence-corrected chi connectivity index (χ1v) is 23.1. The zero-order valence-electron chi connectivity index (χ0n) is 17.8. The Morgan fingerprint density at radius 3 is 0.316 bits per heavy atom. The topological polar surface area (TPSA) is 482 Å². The van der Waals surface area contributed by atoms with Gasteiger partial charge in [0.25, 0.3) is 0 Å². The first kappa shape index (κ1) is 90.7. The van der Waals surface area contributed by atoms with Crippen LogP contribution in [0.25, 0.3) is 0 Å². The average Bonchev–Trinajstić information content (AvgIpc) is 2.30. The zero-order chi connectivity index (χ0) is 28.6. The van der Waals surface area contributed by atoms with Crippen LogP contribution in [0.15, 0.2) is 0 Å². The van der Waals surface area contributed by atoms with Gasteiger partial charge in [-0.1, -0.05) is 0 Å². The Bertz CT molecular complexity index is 600. The van der Waals surface area contributed by atoms with E-state index in [1.807, 2.05) is 0 Å². The Morgan fingerprint density at radius 2 is 0.316 bits per heavy atom. The third kappa shape index (κ3) is 1510. The Kier molecular flexibility index (Phi) is 202. The van der Waals surface area contributed by atoms with Crippen LogP contribution in [0.4, 0.5) is 0 Å². The second-order valence-corrected chi connectivity index (χ2v) is 9.41. The molecule has 0 rings (SSSR count). The molecule has 0 heterocycles. The molecule has 0 amide bonds. The molecule has 0 N–H and O–H groups in total. The van der Waals surface area contributed by atoms with Crippen molar-refractivity contribution in [2.45, 2.75) is 0 Å². The maximum atomic E-state index is 8.60. The van der Waals surface area contributed by atoms with E-state index in [1.165, 1.54) is 0 Å². The summed E-state index contributed by atoms with van der Waals surface area (Å²) in [4.78, 5) is 0. The molecule has 0 aromatic carbocycles. The molecule has 0 spiro atoms. The first-order valence-electron chi connectivity index (χ1n) is 4.64. The minimum absolute atomic E-state index is 0. The fourth-order valence-corrected chi connectivity index (χ4v) is 0. The molecule has 24 nitrogen and oxygen atoms in total. The molecule has 38 heteroatoms. The van der Waals surface area contributed by atoms with Gasteiger partial charge >= 0.3 is 360 Å². The molecule has 0 aromatic rings. The summed E-state index contributed by atoms with van der Waals surface area (Å²) in [5.41, 5.74) is 0. The van der Waals surface area contributed by atoms with Gasteiger partial charge in [0.15, 0.2) is 0 Å². The van der Waals surface area contributed by atoms with Crippen LogP contribution in [0.5, 0.6) is 0 Å². The summed E-state index contributed by atoms with van der Waals surface area (Å²) < 4.78 is 206. The SMILES string of the molecule is [Mg+2].[Mg+2].[Mg+2].[O]=[Nb](=[O])[O-].[O]=[Nb](=[O])[O-].[O]=[Nb](=[O])[O-].[O]=[Nb](=[O])[O-].[O]=[Ti]([O-])[O-].[O]=[Ti]([O-])[O-].[O]=[Ti]([O-])[O-].[O]=[Ti]([O-])[O-].[Zn+2].[Zn+2].[Zn+2]. The minimum Gasteiger partial charge on any atom is 2.00 e. The van der Waals surface area contributed by atoms with Gasteiger partial charge < -0.3 is 0 Å². The predicted molar refractivity (Wildman–Crippen MR) is 25.5 cm³/mol. The van der Waals surface area contributed by atoms with Gasteiger partial charge in [0, 0.05) is 0 Å².